The van der Waals surface area contributed by atoms with E-state index in [1.54, 1.807) is 0 Å². The molecule has 4 heteroatoms. The summed E-state index contributed by atoms with van der Waals surface area (Å²) in [7, 11) is 0. The van der Waals surface area contributed by atoms with Gasteiger partial charge in [0.1, 0.15) is 5.78 Å². The van der Waals surface area contributed by atoms with Crippen molar-refractivity contribution in [2.24, 2.45) is 0 Å². The van der Waals surface area contributed by atoms with Gasteiger partial charge in [-0.1, -0.05) is 0 Å². The van der Waals surface area contributed by atoms with Gasteiger partial charge in [0.2, 0.25) is 0 Å². The molecular weight excluding hydrogens is 329 g/mol. The standard InChI is InChI=1S/C5H8O3.2CH3.Au/c1-4(6)2-3-5(7)8;;;/h2-3H2,1H3,(H,7,8);2*1H3;/q;;;+1/p-1. The minimum absolute atomic E-state index is 0.0856. The SMILES string of the molecule is CC(=O)CCC(=O)[O-].[CH3][Au+][CH3]. The number of Topliss-reactive ketones (excluding diaryl/α,β-unsaturated/α-hetero) is 1. The molecule has 0 aliphatic heterocycles. The van der Waals surface area contributed by atoms with Crippen molar-refractivity contribution in [2.75, 3.05) is 0 Å². The van der Waals surface area contributed by atoms with Crippen LogP contribution in [0.1, 0.15) is 19.8 Å². The second kappa shape index (κ2) is 9.88. The van der Waals surface area contributed by atoms with Gasteiger partial charge < -0.3 is 14.7 Å². The summed E-state index contributed by atoms with van der Waals surface area (Å²) < 4.78 is 0. The van der Waals surface area contributed by atoms with Crippen LogP contribution in [-0.4, -0.2) is 11.8 Å². The van der Waals surface area contributed by atoms with Crippen LogP contribution in [-0.2, 0) is 29.3 Å². The fourth-order valence-electron chi connectivity index (χ4n) is 0.278. The summed E-state index contributed by atoms with van der Waals surface area (Å²) in [4.78, 5) is 19.7. The van der Waals surface area contributed by atoms with E-state index < -0.39 is 5.97 Å². The van der Waals surface area contributed by atoms with E-state index in [9.17, 15) is 14.7 Å². The van der Waals surface area contributed by atoms with E-state index in [1.807, 2.05) is 0 Å². The van der Waals surface area contributed by atoms with E-state index in [0.717, 1.165) is 0 Å². The summed E-state index contributed by atoms with van der Waals surface area (Å²) in [5.74, 6) is -1.28. The molecule has 0 aromatic heterocycles. The van der Waals surface area contributed by atoms with Crippen LogP contribution in [0.5, 0.6) is 0 Å². The van der Waals surface area contributed by atoms with Crippen LogP contribution in [0.3, 0.4) is 0 Å². The molecule has 0 radical (unpaired) electrons. The molecule has 0 aliphatic carbocycles. The Morgan fingerprint density at radius 1 is 1.27 bits per heavy atom. The fourth-order valence-corrected chi connectivity index (χ4v) is 0.278. The van der Waals surface area contributed by atoms with Gasteiger partial charge in [-0.25, -0.2) is 0 Å². The quantitative estimate of drug-likeness (QED) is 0.692. The van der Waals surface area contributed by atoms with E-state index >= 15 is 0 Å². The topological polar surface area (TPSA) is 57.2 Å². The van der Waals surface area contributed by atoms with Crippen molar-refractivity contribution in [3.05, 3.63) is 0 Å². The first-order chi connectivity index (χ1) is 5.04. The summed E-state index contributed by atoms with van der Waals surface area (Å²) in [6.45, 7) is 1.35. The average molecular weight is 342 g/mol. The van der Waals surface area contributed by atoms with Gasteiger partial charge >= 0.3 is 30.0 Å². The molecule has 0 spiro atoms. The maximum absolute atomic E-state index is 10.1. The number of ketones is 1. The Hall–Kier alpha value is -0.120. The molecule has 0 rings (SSSR count). The Balaban J connectivity index is 0. The molecule has 0 saturated heterocycles. The zero-order valence-corrected chi connectivity index (χ0v) is 9.11. The van der Waals surface area contributed by atoms with Crippen LogP contribution in [0.25, 0.3) is 0 Å². The molecule has 0 aromatic carbocycles. The van der Waals surface area contributed by atoms with Crippen molar-refractivity contribution in [3.63, 3.8) is 0 Å². The molecular formula is C7H13AuO3. The molecule has 3 nitrogen and oxygen atoms in total. The Bertz CT molecular complexity index is 109. The molecule has 0 aliphatic rings. The first-order valence-corrected chi connectivity index (χ1v) is 7.26. The number of carbonyl (C=O) groups excluding carboxylic acids is 2. The molecule has 0 saturated carbocycles. The predicted octanol–water partition coefficient (Wildman–Crippen LogP) is 0.271. The van der Waals surface area contributed by atoms with E-state index in [2.05, 4.69) is 10.3 Å². The van der Waals surface area contributed by atoms with Crippen molar-refractivity contribution in [2.45, 2.75) is 30.0 Å². The summed E-state index contributed by atoms with van der Waals surface area (Å²) in [6.07, 6.45) is -0.0718. The zero-order chi connectivity index (χ0) is 9.28. The van der Waals surface area contributed by atoms with Gasteiger partial charge in [-0.2, -0.15) is 0 Å². The Kier molecular flexibility index (Phi) is 12.1. The van der Waals surface area contributed by atoms with Gasteiger partial charge in [0.05, 0.1) is 0 Å². The van der Waals surface area contributed by atoms with Crippen LogP contribution in [0.2, 0.25) is 10.3 Å². The molecule has 70 valence electrons. The van der Waals surface area contributed by atoms with Crippen molar-refractivity contribution < 1.29 is 34.4 Å². The molecule has 11 heavy (non-hydrogen) atoms. The number of hydrogen-bond donors (Lipinski definition) is 0. The van der Waals surface area contributed by atoms with E-state index in [-0.39, 0.29) is 18.6 Å². The molecule has 0 unspecified atom stereocenters. The molecule has 0 amide bonds. The molecule has 0 bridgehead atoms. The van der Waals surface area contributed by atoms with Gasteiger partial charge in [-0.15, -0.1) is 0 Å². The molecule has 0 atom stereocenters. The van der Waals surface area contributed by atoms with Gasteiger partial charge in [0.25, 0.3) is 0 Å². The molecule has 0 N–H and O–H groups in total. The third-order valence-corrected chi connectivity index (χ3v) is 0.681. The molecule has 0 heterocycles. The number of carboxylic acid groups (broad SMARTS) is 1. The summed E-state index contributed by atoms with van der Waals surface area (Å²) >= 11 is 0.667. The van der Waals surface area contributed by atoms with Crippen molar-refractivity contribution in [1.82, 2.24) is 0 Å². The Labute approximate surface area is 76.5 Å². The number of carboxylic acids is 1. The second-order valence-corrected chi connectivity index (χ2v) is 4.04. The van der Waals surface area contributed by atoms with E-state index in [0.29, 0.717) is 19.8 Å². The zero-order valence-electron chi connectivity index (χ0n) is 6.94. The van der Waals surface area contributed by atoms with Gasteiger partial charge in [0, 0.05) is 12.4 Å². The third-order valence-electron chi connectivity index (χ3n) is 0.681. The van der Waals surface area contributed by atoms with Crippen molar-refractivity contribution in [1.29, 1.82) is 0 Å². The van der Waals surface area contributed by atoms with Crippen molar-refractivity contribution in [3.8, 4) is 0 Å². The molecule has 0 fully saturated rings. The normalized spacial score (nSPS) is 8.27. The third kappa shape index (κ3) is 25.8. The molecule has 0 aromatic rings. The number of hydrogen-bond acceptors (Lipinski definition) is 3. The first kappa shape index (κ1) is 13.5. The summed E-state index contributed by atoms with van der Waals surface area (Å²) in [5.41, 5.74) is 0. The number of rotatable bonds is 3. The van der Waals surface area contributed by atoms with Crippen LogP contribution in [0.4, 0.5) is 0 Å². The first-order valence-electron chi connectivity index (χ1n) is 2.92. The Morgan fingerprint density at radius 2 is 1.64 bits per heavy atom. The number of aliphatic carboxylic acids is 1. The monoisotopic (exact) mass is 342 g/mol. The van der Waals surface area contributed by atoms with Gasteiger partial charge in [-0.05, 0) is 13.3 Å². The fraction of sp³-hybridized carbons (Fsp3) is 0.714. The maximum atomic E-state index is 10.1. The predicted molar refractivity (Wildman–Crippen MR) is 36.6 cm³/mol. The average Bonchev–Trinajstić information content (AvgIpc) is 1.85. The van der Waals surface area contributed by atoms with Crippen LogP contribution >= 0.6 is 0 Å². The minimum atomic E-state index is -1.17. The summed E-state index contributed by atoms with van der Waals surface area (Å²) in [5, 5.41) is 14.1. The van der Waals surface area contributed by atoms with Crippen LogP contribution < -0.4 is 5.11 Å². The van der Waals surface area contributed by atoms with Gasteiger partial charge in [0.15, 0.2) is 0 Å². The summed E-state index contributed by atoms with van der Waals surface area (Å²) in [6, 6.07) is 0. The number of carbonyl (C=O) groups is 2. The second-order valence-electron chi connectivity index (χ2n) is 1.88. The van der Waals surface area contributed by atoms with Crippen LogP contribution in [0.15, 0.2) is 0 Å². The van der Waals surface area contributed by atoms with Crippen molar-refractivity contribution >= 4 is 11.8 Å². The van der Waals surface area contributed by atoms with Gasteiger partial charge in [-0.3, -0.25) is 0 Å². The Morgan fingerprint density at radius 3 is 1.73 bits per heavy atom. The van der Waals surface area contributed by atoms with E-state index in [1.165, 1.54) is 6.92 Å². The van der Waals surface area contributed by atoms with E-state index in [4.69, 9.17) is 0 Å². The van der Waals surface area contributed by atoms with Crippen LogP contribution in [0, 0.1) is 0 Å².